The predicted molar refractivity (Wildman–Crippen MR) is 137 cm³/mol. The number of nitrogens with zero attached hydrogens (tertiary/aromatic N) is 4. The molecule has 0 spiro atoms. The van der Waals surface area contributed by atoms with Crippen LogP contribution in [0.25, 0.3) is 5.65 Å². The number of amides is 2. The molecule has 5 rings (SSSR count). The summed E-state index contributed by atoms with van der Waals surface area (Å²) in [6, 6.07) is 0.267. The number of hydrogen-bond acceptors (Lipinski definition) is 7. The lowest BCUT2D eigenvalue weighted by Crippen LogP contribution is -2.37. The molecular weight excluding hydrogens is 586 g/mol. The van der Waals surface area contributed by atoms with Gasteiger partial charge < -0.3 is 19.9 Å². The van der Waals surface area contributed by atoms with Gasteiger partial charge in [-0.05, 0) is 49.1 Å². The maximum Gasteiger partial charge on any atom is 0.389 e. The van der Waals surface area contributed by atoms with Crippen LogP contribution in [0.2, 0.25) is 0 Å². The highest BCUT2D eigenvalue weighted by Gasteiger charge is 2.40. The summed E-state index contributed by atoms with van der Waals surface area (Å²) in [5.41, 5.74) is 0.983. The lowest BCUT2D eigenvalue weighted by atomic mass is 9.81. The van der Waals surface area contributed by atoms with E-state index in [1.165, 1.54) is 10.7 Å². The summed E-state index contributed by atoms with van der Waals surface area (Å²) < 4.78 is 89.8. The van der Waals surface area contributed by atoms with Crippen molar-refractivity contribution in [3.8, 4) is 5.75 Å². The first-order chi connectivity index (χ1) is 20.4. The van der Waals surface area contributed by atoms with Crippen LogP contribution in [0.15, 0.2) is 29.2 Å². The van der Waals surface area contributed by atoms with Gasteiger partial charge in [-0.3, -0.25) is 9.59 Å². The molecule has 0 bridgehead atoms. The summed E-state index contributed by atoms with van der Waals surface area (Å²) in [5.74, 6) is -4.72. The molecule has 3 heterocycles. The summed E-state index contributed by atoms with van der Waals surface area (Å²) >= 11 is 0. The number of nitrogens with one attached hydrogen (secondary N) is 2. The van der Waals surface area contributed by atoms with E-state index >= 15 is 0 Å². The van der Waals surface area contributed by atoms with Gasteiger partial charge in [0.1, 0.15) is 13.3 Å². The second-order valence-electron chi connectivity index (χ2n) is 11.0. The molecule has 0 radical (unpaired) electrons. The fraction of sp³-hybridized carbons (Fsp3) is 0.593. The number of carbonyl (C=O) groups excluding carboxylic acids is 2. The van der Waals surface area contributed by atoms with Crippen molar-refractivity contribution >= 4 is 17.5 Å². The topological polar surface area (TPSA) is 124 Å². The average Bonchev–Trinajstić information content (AvgIpc) is 3.53. The van der Waals surface area contributed by atoms with Gasteiger partial charge in [0.15, 0.2) is 17.7 Å². The third-order valence-corrected chi connectivity index (χ3v) is 7.69. The fourth-order valence-electron chi connectivity index (χ4n) is 5.30. The van der Waals surface area contributed by atoms with Crippen LogP contribution in [0.3, 0.4) is 0 Å². The zero-order chi connectivity index (χ0) is 30.8. The Hall–Kier alpha value is -3.85. The van der Waals surface area contributed by atoms with Crippen LogP contribution >= 0.6 is 0 Å². The highest BCUT2D eigenvalue weighted by Crippen LogP contribution is 2.43. The van der Waals surface area contributed by atoms with Gasteiger partial charge >= 0.3 is 6.18 Å². The summed E-state index contributed by atoms with van der Waals surface area (Å²) in [6.45, 7) is -1.13. The number of imidazole rings is 1. The van der Waals surface area contributed by atoms with Gasteiger partial charge in [0.25, 0.3) is 5.91 Å². The van der Waals surface area contributed by atoms with E-state index in [9.17, 15) is 35.9 Å². The van der Waals surface area contributed by atoms with Crippen molar-refractivity contribution < 1.29 is 45.2 Å². The Labute approximate surface area is 241 Å². The van der Waals surface area contributed by atoms with Gasteiger partial charge in [-0.2, -0.15) is 18.3 Å². The second-order valence-corrected chi connectivity index (χ2v) is 11.0. The molecule has 0 aromatic carbocycles. The highest BCUT2D eigenvalue weighted by atomic mass is 19.4. The standard InChI is InChI=1S/C27H30F6N6O4/c28-9-10-42-19-14-43-38-24(19)25(41)37-23(16-3-6-26(29,30)7-4-16)18-13-39-20(35-18)11-17(12-34-39)22(15-1-2-15)36-21(40)5-8-27(31,32)33/h11-16,22-23H,1-10H2,(H,36,40)(H,37,41)/t22-,23+/m1/s1. The molecule has 2 saturated carbocycles. The van der Waals surface area contributed by atoms with Crippen molar-refractivity contribution in [2.75, 3.05) is 13.3 Å². The maximum absolute atomic E-state index is 14.0. The Bertz CT molecular complexity index is 1430. The van der Waals surface area contributed by atoms with Crippen LogP contribution in [-0.2, 0) is 4.79 Å². The van der Waals surface area contributed by atoms with Crippen LogP contribution in [0.4, 0.5) is 26.3 Å². The Balaban J connectivity index is 1.39. The summed E-state index contributed by atoms with van der Waals surface area (Å²) in [4.78, 5) is 30.1. The first kappa shape index (κ1) is 30.6. The molecule has 2 atom stereocenters. The number of rotatable bonds is 12. The van der Waals surface area contributed by atoms with E-state index in [0.717, 1.165) is 19.1 Å². The number of hydrogen-bond donors (Lipinski definition) is 2. The molecule has 234 valence electrons. The first-order valence-electron chi connectivity index (χ1n) is 14.0. The highest BCUT2D eigenvalue weighted by molar-refractivity contribution is 5.95. The van der Waals surface area contributed by atoms with Crippen molar-refractivity contribution in [1.29, 1.82) is 0 Å². The van der Waals surface area contributed by atoms with Crippen molar-refractivity contribution in [3.05, 3.63) is 41.7 Å². The summed E-state index contributed by atoms with van der Waals surface area (Å²) in [7, 11) is 0. The Morgan fingerprint density at radius 2 is 1.84 bits per heavy atom. The van der Waals surface area contributed by atoms with Crippen molar-refractivity contribution in [2.45, 2.75) is 75.5 Å². The molecule has 10 nitrogen and oxygen atoms in total. The second kappa shape index (κ2) is 12.4. The number of fused-ring (bicyclic) bond motifs is 1. The van der Waals surface area contributed by atoms with E-state index in [1.54, 1.807) is 12.3 Å². The number of aromatic nitrogens is 4. The number of halogens is 6. The lowest BCUT2D eigenvalue weighted by Gasteiger charge is -2.33. The van der Waals surface area contributed by atoms with Crippen LogP contribution in [-0.4, -0.2) is 56.9 Å². The number of ether oxygens (including phenoxy) is 1. The predicted octanol–water partition coefficient (Wildman–Crippen LogP) is 5.27. The maximum atomic E-state index is 14.0. The zero-order valence-corrected chi connectivity index (χ0v) is 22.9. The third kappa shape index (κ3) is 7.76. The lowest BCUT2D eigenvalue weighted by molar-refractivity contribution is -0.144. The molecule has 0 unspecified atom stereocenters. The Morgan fingerprint density at radius 1 is 1.12 bits per heavy atom. The Kier molecular flexibility index (Phi) is 8.83. The zero-order valence-electron chi connectivity index (χ0n) is 22.9. The van der Waals surface area contributed by atoms with Gasteiger partial charge in [-0.15, -0.1) is 0 Å². The molecule has 2 N–H and O–H groups in total. The summed E-state index contributed by atoms with van der Waals surface area (Å²) in [5, 5.41) is 13.5. The minimum absolute atomic E-state index is 0.0423. The molecule has 0 saturated heterocycles. The fourth-order valence-corrected chi connectivity index (χ4v) is 5.30. The van der Waals surface area contributed by atoms with Crippen LogP contribution in [0.1, 0.15) is 85.2 Å². The molecule has 2 fully saturated rings. The van der Waals surface area contributed by atoms with E-state index in [-0.39, 0.29) is 49.7 Å². The molecule has 3 aromatic rings. The van der Waals surface area contributed by atoms with Gasteiger partial charge in [0.05, 0.1) is 36.6 Å². The Morgan fingerprint density at radius 3 is 2.51 bits per heavy atom. The molecule has 16 heteroatoms. The molecule has 43 heavy (non-hydrogen) atoms. The first-order valence-corrected chi connectivity index (χ1v) is 14.0. The SMILES string of the molecule is O=C(CCC(F)(F)F)N[C@@H](c1cnn2cc([C@@H](NC(=O)c3nocc3OCCF)C3CCC(F)(F)CC3)nc2c1)C1CC1. The van der Waals surface area contributed by atoms with E-state index in [0.29, 0.717) is 16.9 Å². The van der Waals surface area contributed by atoms with E-state index in [4.69, 9.17) is 9.26 Å². The van der Waals surface area contributed by atoms with Crippen LogP contribution < -0.4 is 15.4 Å². The van der Waals surface area contributed by atoms with Crippen LogP contribution in [0.5, 0.6) is 5.75 Å². The van der Waals surface area contributed by atoms with E-state index < -0.39 is 61.4 Å². The van der Waals surface area contributed by atoms with E-state index in [2.05, 4.69) is 25.9 Å². The van der Waals surface area contributed by atoms with Gasteiger partial charge in [-0.1, -0.05) is 5.16 Å². The normalized spacial score (nSPS) is 18.7. The van der Waals surface area contributed by atoms with Crippen LogP contribution in [0, 0.1) is 11.8 Å². The van der Waals surface area contributed by atoms with E-state index in [1.807, 2.05) is 0 Å². The average molecular weight is 617 g/mol. The molecule has 2 aliphatic carbocycles. The minimum Gasteiger partial charge on any atom is -0.485 e. The summed E-state index contributed by atoms with van der Waals surface area (Å²) in [6.07, 6.45) is -1.24. The smallest absolute Gasteiger partial charge is 0.389 e. The minimum atomic E-state index is -4.45. The molecule has 2 amide bonds. The van der Waals surface area contributed by atoms with Gasteiger partial charge in [0, 0.05) is 19.3 Å². The van der Waals surface area contributed by atoms with Crippen molar-refractivity contribution in [2.24, 2.45) is 11.8 Å². The monoisotopic (exact) mass is 616 g/mol. The number of alkyl halides is 6. The largest absolute Gasteiger partial charge is 0.485 e. The molecule has 3 aromatic heterocycles. The molecular formula is C27H30F6N6O4. The van der Waals surface area contributed by atoms with Gasteiger partial charge in [0.2, 0.25) is 17.5 Å². The third-order valence-electron chi connectivity index (χ3n) is 7.69. The van der Waals surface area contributed by atoms with Gasteiger partial charge in [-0.25, -0.2) is 22.7 Å². The van der Waals surface area contributed by atoms with Crippen molar-refractivity contribution in [1.82, 2.24) is 30.4 Å². The molecule has 0 aliphatic heterocycles. The number of carbonyl (C=O) groups is 2. The molecule has 2 aliphatic rings. The van der Waals surface area contributed by atoms with Crippen molar-refractivity contribution in [3.63, 3.8) is 0 Å². The quantitative estimate of drug-likeness (QED) is 0.266.